The average Bonchev–Trinajstić information content (AvgIpc) is 2.93. The number of nitrogens with one attached hydrogen (secondary N) is 1. The molecule has 0 spiro atoms. The zero-order valence-corrected chi connectivity index (χ0v) is 21.8. The number of amides is 1. The van der Waals surface area contributed by atoms with E-state index in [4.69, 9.17) is 15.1 Å². The third-order valence-electron chi connectivity index (χ3n) is 7.38. The molecule has 196 valence electrons. The highest BCUT2D eigenvalue weighted by Gasteiger charge is 2.30. The molecule has 0 radical (unpaired) electrons. The Bertz CT molecular complexity index is 1650. The minimum Gasteiger partial charge on any atom is -0.466 e. The van der Waals surface area contributed by atoms with Crippen LogP contribution in [0.1, 0.15) is 54.2 Å². The Hall–Kier alpha value is -4.27. The van der Waals surface area contributed by atoms with Gasteiger partial charge in [-0.25, -0.2) is 4.98 Å². The van der Waals surface area contributed by atoms with Gasteiger partial charge in [-0.2, -0.15) is 0 Å². The molecule has 1 atom stereocenters. The summed E-state index contributed by atoms with van der Waals surface area (Å²) in [6.07, 6.45) is 2.67. The van der Waals surface area contributed by atoms with Crippen LogP contribution in [0.4, 0.5) is 0 Å². The van der Waals surface area contributed by atoms with E-state index < -0.39 is 0 Å². The van der Waals surface area contributed by atoms with Gasteiger partial charge in [0.1, 0.15) is 16.8 Å². The van der Waals surface area contributed by atoms with Crippen LogP contribution in [0.5, 0.6) is 0 Å². The molecular formula is C29H31N5O4. The van der Waals surface area contributed by atoms with E-state index in [1.54, 1.807) is 28.7 Å². The third kappa shape index (κ3) is 4.38. The fourth-order valence-electron chi connectivity index (χ4n) is 5.23. The van der Waals surface area contributed by atoms with Crippen molar-refractivity contribution in [3.8, 4) is 0 Å². The first kappa shape index (κ1) is 25.4. The molecule has 5 rings (SSSR count). The normalized spacial score (nSPS) is 15.1. The molecule has 0 bridgehead atoms. The fourth-order valence-corrected chi connectivity index (χ4v) is 5.23. The number of nitrogens with zero attached hydrogens (tertiary/aromatic N) is 4. The van der Waals surface area contributed by atoms with Crippen LogP contribution < -0.4 is 11.0 Å². The zero-order chi connectivity index (χ0) is 27.0. The van der Waals surface area contributed by atoms with Crippen LogP contribution in [0.3, 0.4) is 0 Å². The number of likely N-dealkylation sites (tertiary alicyclic amines) is 1. The van der Waals surface area contributed by atoms with Crippen molar-refractivity contribution < 1.29 is 14.3 Å². The number of ether oxygens (including phenoxy) is 1. The van der Waals surface area contributed by atoms with Crippen LogP contribution in [-0.4, -0.2) is 50.4 Å². The summed E-state index contributed by atoms with van der Waals surface area (Å²) in [5.41, 5.74) is 2.48. The van der Waals surface area contributed by atoms with E-state index in [2.05, 4.69) is 0 Å². The van der Waals surface area contributed by atoms with Crippen molar-refractivity contribution >= 4 is 28.6 Å². The van der Waals surface area contributed by atoms with Crippen LogP contribution in [0, 0.1) is 18.3 Å². The lowest BCUT2D eigenvalue weighted by atomic mass is 9.96. The number of fused-ring (bicyclic) bond motifs is 2. The van der Waals surface area contributed by atoms with E-state index in [0.29, 0.717) is 43.8 Å². The summed E-state index contributed by atoms with van der Waals surface area (Å²) in [5.74, 6) is -0.804. The van der Waals surface area contributed by atoms with Crippen molar-refractivity contribution in [2.75, 3.05) is 19.7 Å². The maximum Gasteiger partial charge on any atom is 0.309 e. The van der Waals surface area contributed by atoms with E-state index >= 15 is 0 Å². The molecule has 1 aliphatic rings. The van der Waals surface area contributed by atoms with Gasteiger partial charge >= 0.3 is 5.97 Å². The lowest BCUT2D eigenvalue weighted by Gasteiger charge is -2.31. The molecule has 3 aromatic heterocycles. The van der Waals surface area contributed by atoms with Gasteiger partial charge in [0.15, 0.2) is 0 Å². The van der Waals surface area contributed by atoms with Crippen LogP contribution in [0.25, 0.3) is 16.7 Å². The summed E-state index contributed by atoms with van der Waals surface area (Å²) in [5, 5.41) is 9.42. The van der Waals surface area contributed by atoms with E-state index in [1.807, 2.05) is 50.2 Å². The molecule has 1 aliphatic heterocycles. The zero-order valence-electron chi connectivity index (χ0n) is 21.8. The van der Waals surface area contributed by atoms with Crippen molar-refractivity contribution in [3.05, 3.63) is 87.3 Å². The monoisotopic (exact) mass is 513 g/mol. The summed E-state index contributed by atoms with van der Waals surface area (Å²) in [4.78, 5) is 46.1. The van der Waals surface area contributed by atoms with E-state index in [1.165, 1.54) is 10.5 Å². The third-order valence-corrected chi connectivity index (χ3v) is 7.38. The van der Waals surface area contributed by atoms with Gasteiger partial charge in [-0.15, -0.1) is 0 Å². The van der Waals surface area contributed by atoms with Crippen LogP contribution in [-0.2, 0) is 9.53 Å². The van der Waals surface area contributed by atoms with Crippen molar-refractivity contribution in [2.45, 2.75) is 39.7 Å². The number of hydrogen-bond donors (Lipinski definition) is 1. The van der Waals surface area contributed by atoms with E-state index in [-0.39, 0.29) is 45.8 Å². The standard InChI is InChI=1S/C29H31N5O4/c1-4-38-29(37)21-12-15-32(16-13-21)27(35)22-17-23-26(31-25-18(2)9-8-14-33(25)28(23)36)34(24(22)30)19(3)20-10-6-5-7-11-20/h5-11,14,17,19,21,30H,4,12-13,15-16H2,1-3H3. The summed E-state index contributed by atoms with van der Waals surface area (Å²) < 4.78 is 8.31. The quantitative estimate of drug-likeness (QED) is 0.325. The van der Waals surface area contributed by atoms with Crippen molar-refractivity contribution in [1.82, 2.24) is 18.9 Å². The van der Waals surface area contributed by atoms with E-state index in [0.717, 1.165) is 11.1 Å². The molecule has 4 aromatic rings. The van der Waals surface area contributed by atoms with Crippen molar-refractivity contribution in [2.24, 2.45) is 5.92 Å². The number of rotatable bonds is 5. The minimum atomic E-state index is -0.355. The van der Waals surface area contributed by atoms with Gasteiger partial charge in [0.25, 0.3) is 11.5 Å². The van der Waals surface area contributed by atoms with Gasteiger partial charge in [-0.05, 0) is 56.9 Å². The maximum absolute atomic E-state index is 13.8. The van der Waals surface area contributed by atoms with Gasteiger partial charge in [0.2, 0.25) is 0 Å². The minimum absolute atomic E-state index is 0.00352. The fraction of sp³-hybridized carbons (Fsp3) is 0.345. The topological polar surface area (TPSA) is 110 Å². The lowest BCUT2D eigenvalue weighted by molar-refractivity contribution is -0.149. The second-order valence-corrected chi connectivity index (χ2v) is 9.72. The number of piperidine rings is 1. The number of carbonyl (C=O) groups is 2. The molecule has 0 saturated carbocycles. The van der Waals surface area contributed by atoms with Gasteiger partial charge in [0.05, 0.1) is 29.5 Å². The predicted octanol–water partition coefficient (Wildman–Crippen LogP) is 3.46. The molecule has 1 unspecified atom stereocenters. The number of pyridine rings is 2. The summed E-state index contributed by atoms with van der Waals surface area (Å²) >= 11 is 0. The Morgan fingerprint density at radius 1 is 1.11 bits per heavy atom. The average molecular weight is 514 g/mol. The number of aryl methyl sites for hydroxylation is 1. The number of benzene rings is 1. The molecule has 9 heteroatoms. The Labute approximate surface area is 219 Å². The molecule has 1 saturated heterocycles. The Balaban J connectivity index is 1.66. The molecule has 1 N–H and O–H groups in total. The Morgan fingerprint density at radius 2 is 1.82 bits per heavy atom. The second-order valence-electron chi connectivity index (χ2n) is 9.72. The first-order valence-electron chi connectivity index (χ1n) is 12.9. The van der Waals surface area contributed by atoms with Gasteiger partial charge < -0.3 is 14.2 Å². The molecule has 9 nitrogen and oxygen atoms in total. The highest BCUT2D eigenvalue weighted by molar-refractivity contribution is 5.97. The summed E-state index contributed by atoms with van der Waals surface area (Å²) in [6, 6.07) is 14.5. The first-order valence-corrected chi connectivity index (χ1v) is 12.9. The van der Waals surface area contributed by atoms with Gasteiger partial charge in [0, 0.05) is 19.3 Å². The smallest absolute Gasteiger partial charge is 0.309 e. The van der Waals surface area contributed by atoms with Crippen molar-refractivity contribution in [3.63, 3.8) is 0 Å². The summed E-state index contributed by atoms with van der Waals surface area (Å²) in [7, 11) is 0. The predicted molar refractivity (Wildman–Crippen MR) is 143 cm³/mol. The molecule has 1 fully saturated rings. The summed E-state index contributed by atoms with van der Waals surface area (Å²) in [6.45, 7) is 6.68. The van der Waals surface area contributed by atoms with Crippen molar-refractivity contribution in [1.29, 1.82) is 5.41 Å². The number of hydrogen-bond acceptors (Lipinski definition) is 6. The number of aromatic nitrogens is 3. The van der Waals surface area contributed by atoms with Gasteiger partial charge in [-0.3, -0.25) is 24.2 Å². The molecule has 1 amide bonds. The van der Waals surface area contributed by atoms with E-state index in [9.17, 15) is 14.4 Å². The highest BCUT2D eigenvalue weighted by Crippen LogP contribution is 2.24. The lowest BCUT2D eigenvalue weighted by Crippen LogP contribution is -2.43. The second kappa shape index (κ2) is 10.2. The molecule has 38 heavy (non-hydrogen) atoms. The van der Waals surface area contributed by atoms with Gasteiger partial charge in [-0.1, -0.05) is 36.4 Å². The molecule has 4 heterocycles. The Morgan fingerprint density at radius 3 is 2.50 bits per heavy atom. The van der Waals surface area contributed by atoms with Crippen LogP contribution >= 0.6 is 0 Å². The molecular weight excluding hydrogens is 482 g/mol. The SMILES string of the molecule is CCOC(=O)C1CCN(C(=O)c2cc3c(=O)n4cccc(C)c4nc3n(C(C)c3ccccc3)c2=N)CC1. The Kier molecular flexibility index (Phi) is 6.84. The van der Waals surface area contributed by atoms with Crippen LogP contribution in [0.15, 0.2) is 59.5 Å². The van der Waals surface area contributed by atoms with Crippen LogP contribution in [0.2, 0.25) is 0 Å². The number of carbonyl (C=O) groups excluding carboxylic acids is 2. The molecule has 1 aromatic carbocycles. The highest BCUT2D eigenvalue weighted by atomic mass is 16.5. The largest absolute Gasteiger partial charge is 0.466 e. The number of esters is 1. The first-order chi connectivity index (χ1) is 18.3. The molecule has 0 aliphatic carbocycles. The maximum atomic E-state index is 13.8.